The molecule has 10 heteroatoms. The Morgan fingerprint density at radius 1 is 1.03 bits per heavy atom. The molecule has 30 heavy (non-hydrogen) atoms. The lowest BCUT2D eigenvalue weighted by atomic mass is 9.93. The predicted octanol–water partition coefficient (Wildman–Crippen LogP) is 0.828. The van der Waals surface area contributed by atoms with Crippen LogP contribution < -0.4 is 15.2 Å². The molecule has 2 aliphatic rings. The molecule has 2 fully saturated rings. The lowest BCUT2D eigenvalue weighted by Gasteiger charge is -2.37. The summed E-state index contributed by atoms with van der Waals surface area (Å²) in [4.78, 5) is 26.1. The molecule has 2 amide bonds. The number of hydrogen-bond donors (Lipinski definition) is 1. The van der Waals surface area contributed by atoms with Crippen LogP contribution in [0, 0.1) is 11.8 Å². The van der Waals surface area contributed by atoms with Crippen LogP contribution in [0.1, 0.15) is 25.7 Å². The lowest BCUT2D eigenvalue weighted by Crippen LogP contribution is -2.49. The van der Waals surface area contributed by atoms with E-state index < -0.39 is 15.9 Å². The number of carbonyl (C=O) groups is 2. The van der Waals surface area contributed by atoms with Gasteiger partial charge in [-0.3, -0.25) is 9.59 Å². The lowest BCUT2D eigenvalue weighted by molar-refractivity contribution is -0.139. The molecule has 1 aromatic carbocycles. The number of nitrogens with two attached hydrogens (primary N) is 1. The van der Waals surface area contributed by atoms with Gasteiger partial charge >= 0.3 is 0 Å². The Labute approximate surface area is 177 Å². The first-order valence-electron chi connectivity index (χ1n) is 10.1. The molecule has 1 aromatic rings. The monoisotopic (exact) mass is 439 g/mol. The fourth-order valence-electron chi connectivity index (χ4n) is 4.13. The van der Waals surface area contributed by atoms with Gasteiger partial charge in [0.1, 0.15) is 16.4 Å². The normalized spacial score (nSPS) is 21.3. The second-order valence-electron chi connectivity index (χ2n) is 7.72. The van der Waals surface area contributed by atoms with Crippen LogP contribution in [-0.4, -0.2) is 69.8 Å². The van der Waals surface area contributed by atoms with E-state index in [1.807, 2.05) is 0 Å². The maximum atomic E-state index is 13.3. The third-order valence-corrected chi connectivity index (χ3v) is 7.82. The summed E-state index contributed by atoms with van der Waals surface area (Å²) in [5.74, 6) is -0.345. The van der Waals surface area contributed by atoms with Gasteiger partial charge in [-0.1, -0.05) is 0 Å². The zero-order chi connectivity index (χ0) is 21.9. The third-order valence-electron chi connectivity index (χ3n) is 5.93. The highest BCUT2D eigenvalue weighted by Gasteiger charge is 2.37. The highest BCUT2D eigenvalue weighted by Crippen LogP contribution is 2.33. The van der Waals surface area contributed by atoms with Crippen LogP contribution >= 0.6 is 0 Å². The Bertz CT molecular complexity index is 896. The summed E-state index contributed by atoms with van der Waals surface area (Å²) in [6.45, 7) is 1.41. The quantitative estimate of drug-likeness (QED) is 0.701. The topological polar surface area (TPSA) is 119 Å². The zero-order valence-electron chi connectivity index (χ0n) is 17.4. The number of primary amides is 1. The van der Waals surface area contributed by atoms with Crippen LogP contribution in [0.2, 0.25) is 0 Å². The Hall–Kier alpha value is -2.33. The number of carbonyl (C=O) groups excluding carboxylic acids is 2. The SMILES string of the molecule is COc1ccc(OC)c(S(=O)(=O)N2CCC[C@H](C(=O)N3CCC(C(N)=O)CC3)C2)c1. The number of nitrogens with zero attached hydrogens (tertiary/aromatic N) is 2. The van der Waals surface area contributed by atoms with Crippen LogP contribution in [0.25, 0.3) is 0 Å². The van der Waals surface area contributed by atoms with Crippen molar-refractivity contribution in [1.29, 1.82) is 0 Å². The average molecular weight is 440 g/mol. The molecule has 0 aliphatic carbocycles. The van der Waals surface area contributed by atoms with Crippen molar-refractivity contribution >= 4 is 21.8 Å². The summed E-state index contributed by atoms with van der Waals surface area (Å²) in [5, 5.41) is 0. The maximum Gasteiger partial charge on any atom is 0.246 e. The molecule has 9 nitrogen and oxygen atoms in total. The van der Waals surface area contributed by atoms with Gasteiger partial charge in [0, 0.05) is 38.2 Å². The summed E-state index contributed by atoms with van der Waals surface area (Å²) < 4.78 is 38.4. The highest BCUT2D eigenvalue weighted by molar-refractivity contribution is 7.89. The van der Waals surface area contributed by atoms with Gasteiger partial charge in [-0.15, -0.1) is 0 Å². The molecule has 2 N–H and O–H groups in total. The van der Waals surface area contributed by atoms with Crippen LogP contribution in [-0.2, 0) is 19.6 Å². The summed E-state index contributed by atoms with van der Waals surface area (Å²) in [6.07, 6.45) is 2.34. The van der Waals surface area contributed by atoms with Gasteiger partial charge in [0.15, 0.2) is 0 Å². The van der Waals surface area contributed by atoms with E-state index in [2.05, 4.69) is 0 Å². The van der Waals surface area contributed by atoms with Crippen LogP contribution in [0.15, 0.2) is 23.1 Å². The largest absolute Gasteiger partial charge is 0.497 e. The predicted molar refractivity (Wildman–Crippen MR) is 110 cm³/mol. The number of likely N-dealkylation sites (tertiary alicyclic amines) is 1. The standard InChI is InChI=1S/C20H29N3O6S/c1-28-16-5-6-17(29-2)18(12-16)30(26,27)23-9-3-4-15(13-23)20(25)22-10-7-14(8-11-22)19(21)24/h5-6,12,14-15H,3-4,7-11,13H2,1-2H3,(H2,21,24)/t15-/m0/s1. The van der Waals surface area contributed by atoms with Crippen LogP contribution in [0.4, 0.5) is 0 Å². The number of rotatable bonds is 6. The Kier molecular flexibility index (Phi) is 6.87. The Balaban J connectivity index is 1.74. The van der Waals surface area contributed by atoms with Crippen molar-refractivity contribution in [3.05, 3.63) is 18.2 Å². The fraction of sp³-hybridized carbons (Fsp3) is 0.600. The molecular formula is C20H29N3O6S. The van der Waals surface area contributed by atoms with Gasteiger partial charge in [-0.05, 0) is 37.8 Å². The first kappa shape index (κ1) is 22.4. The number of ether oxygens (including phenoxy) is 2. The number of methoxy groups -OCH3 is 2. The maximum absolute atomic E-state index is 13.3. The number of sulfonamides is 1. The van der Waals surface area contributed by atoms with Crippen molar-refractivity contribution in [2.24, 2.45) is 17.6 Å². The third kappa shape index (κ3) is 4.54. The molecule has 0 saturated carbocycles. The molecule has 1 atom stereocenters. The number of benzene rings is 1. The molecule has 0 radical (unpaired) electrons. The molecule has 0 unspecified atom stereocenters. The van der Waals surface area contributed by atoms with Gasteiger partial charge in [0.25, 0.3) is 0 Å². The summed E-state index contributed by atoms with van der Waals surface area (Å²) in [6, 6.07) is 4.63. The van der Waals surface area contributed by atoms with E-state index in [-0.39, 0.29) is 34.9 Å². The molecule has 0 bridgehead atoms. The smallest absolute Gasteiger partial charge is 0.246 e. The first-order valence-corrected chi connectivity index (χ1v) is 11.5. The van der Waals surface area contributed by atoms with Gasteiger partial charge in [0.2, 0.25) is 21.8 Å². The van der Waals surface area contributed by atoms with E-state index in [1.165, 1.54) is 24.6 Å². The summed E-state index contributed by atoms with van der Waals surface area (Å²) in [7, 11) is -0.975. The van der Waals surface area contributed by atoms with Crippen LogP contribution in [0.5, 0.6) is 11.5 Å². The summed E-state index contributed by atoms with van der Waals surface area (Å²) >= 11 is 0. The van der Waals surface area contributed by atoms with E-state index in [9.17, 15) is 18.0 Å². The summed E-state index contributed by atoms with van der Waals surface area (Å²) in [5.41, 5.74) is 5.36. The van der Waals surface area contributed by atoms with Crippen molar-refractivity contribution in [1.82, 2.24) is 9.21 Å². The molecule has 0 spiro atoms. The molecule has 2 aliphatic heterocycles. The Morgan fingerprint density at radius 2 is 1.73 bits per heavy atom. The van der Waals surface area contributed by atoms with E-state index in [0.717, 1.165) is 0 Å². The number of piperidine rings is 2. The molecular weight excluding hydrogens is 410 g/mol. The minimum Gasteiger partial charge on any atom is -0.497 e. The molecule has 0 aromatic heterocycles. The highest BCUT2D eigenvalue weighted by atomic mass is 32.2. The van der Waals surface area contributed by atoms with Crippen molar-refractivity contribution in [2.45, 2.75) is 30.6 Å². The molecule has 2 heterocycles. The van der Waals surface area contributed by atoms with E-state index >= 15 is 0 Å². The zero-order valence-corrected chi connectivity index (χ0v) is 18.2. The van der Waals surface area contributed by atoms with Crippen LogP contribution in [0.3, 0.4) is 0 Å². The fourth-order valence-corrected chi connectivity index (χ4v) is 5.82. The first-order chi connectivity index (χ1) is 14.3. The number of hydrogen-bond acceptors (Lipinski definition) is 6. The molecule has 3 rings (SSSR count). The number of amides is 2. The second kappa shape index (κ2) is 9.22. The van der Waals surface area contributed by atoms with Gasteiger partial charge < -0.3 is 20.1 Å². The van der Waals surface area contributed by atoms with Crippen molar-refractivity contribution in [2.75, 3.05) is 40.4 Å². The molecule has 166 valence electrons. The minimum atomic E-state index is -3.86. The Morgan fingerprint density at radius 3 is 2.33 bits per heavy atom. The second-order valence-corrected chi connectivity index (χ2v) is 9.63. The average Bonchev–Trinajstić information content (AvgIpc) is 2.78. The van der Waals surface area contributed by atoms with Gasteiger partial charge in [0.05, 0.1) is 20.1 Å². The van der Waals surface area contributed by atoms with Crippen molar-refractivity contribution in [3.63, 3.8) is 0 Å². The van der Waals surface area contributed by atoms with Gasteiger partial charge in [-0.2, -0.15) is 4.31 Å². The molecule has 2 saturated heterocycles. The van der Waals surface area contributed by atoms with E-state index in [0.29, 0.717) is 51.1 Å². The minimum absolute atomic E-state index is 0.0275. The van der Waals surface area contributed by atoms with Crippen molar-refractivity contribution in [3.8, 4) is 11.5 Å². The van der Waals surface area contributed by atoms with Crippen molar-refractivity contribution < 1.29 is 27.5 Å². The van der Waals surface area contributed by atoms with E-state index in [1.54, 1.807) is 17.0 Å². The van der Waals surface area contributed by atoms with E-state index in [4.69, 9.17) is 15.2 Å². The van der Waals surface area contributed by atoms with Gasteiger partial charge in [-0.25, -0.2) is 8.42 Å².